The number of aromatic nitrogens is 2. The average Bonchev–Trinajstić information content (AvgIpc) is 3.16. The molecule has 1 aromatic heterocycles. The van der Waals surface area contributed by atoms with Crippen molar-refractivity contribution in [1.29, 1.82) is 0 Å². The smallest absolute Gasteiger partial charge is 0.317 e. The van der Waals surface area contributed by atoms with E-state index in [1.165, 1.54) is 0 Å². The molecule has 2 heterocycles. The molecule has 3 rings (SSSR count). The molecule has 1 atom stereocenters. The molecular weight excluding hydrogens is 284 g/mol. The van der Waals surface area contributed by atoms with Crippen molar-refractivity contribution < 1.29 is 14.3 Å². The van der Waals surface area contributed by atoms with E-state index in [1.54, 1.807) is 11.8 Å². The second-order valence-electron chi connectivity index (χ2n) is 5.11. The largest absolute Gasteiger partial charge is 0.497 e. The Bertz CT molecular complexity index is 660. The normalized spacial score (nSPS) is 17.4. The number of carbonyl (C=O) groups is 1. The molecule has 0 aliphatic carbocycles. The Morgan fingerprint density at radius 3 is 2.82 bits per heavy atom. The molecular formula is C15H18N4O3. The predicted octanol–water partition coefficient (Wildman–Crippen LogP) is 1.88. The van der Waals surface area contributed by atoms with Gasteiger partial charge in [0.25, 0.3) is 0 Å². The zero-order chi connectivity index (χ0) is 15.5. The van der Waals surface area contributed by atoms with Gasteiger partial charge in [-0.25, -0.2) is 9.48 Å². The fourth-order valence-corrected chi connectivity index (χ4v) is 2.50. The highest BCUT2D eigenvalue weighted by atomic mass is 16.5. The number of nitrogens with two attached hydrogens (primary N) is 1. The van der Waals surface area contributed by atoms with E-state index >= 15 is 0 Å². The summed E-state index contributed by atoms with van der Waals surface area (Å²) in [5, 5.41) is 7.21. The number of hydrogen-bond donors (Lipinski definition) is 2. The van der Waals surface area contributed by atoms with Crippen molar-refractivity contribution >= 4 is 11.8 Å². The lowest BCUT2D eigenvalue weighted by Crippen LogP contribution is -2.21. The second kappa shape index (κ2) is 6.07. The number of urea groups is 1. The summed E-state index contributed by atoms with van der Waals surface area (Å²) in [7, 11) is 1.61. The first-order valence-corrected chi connectivity index (χ1v) is 7.06. The molecule has 7 nitrogen and oxygen atoms in total. The number of ether oxygens (including phenoxy) is 2. The minimum absolute atomic E-state index is 0.243. The first-order valence-electron chi connectivity index (χ1n) is 7.06. The van der Waals surface area contributed by atoms with Gasteiger partial charge in [0.1, 0.15) is 11.6 Å². The molecule has 0 bridgehead atoms. The van der Waals surface area contributed by atoms with Gasteiger partial charge in [-0.1, -0.05) is 0 Å². The molecule has 22 heavy (non-hydrogen) atoms. The van der Waals surface area contributed by atoms with E-state index in [2.05, 4.69) is 10.4 Å². The molecule has 1 unspecified atom stereocenters. The lowest BCUT2D eigenvalue weighted by atomic mass is 10.1. The van der Waals surface area contributed by atoms with Gasteiger partial charge in [0.05, 0.1) is 25.1 Å². The molecule has 0 saturated carbocycles. The van der Waals surface area contributed by atoms with E-state index in [0.717, 1.165) is 30.2 Å². The standard InChI is InChI=1S/C15H18N4O3/c1-21-12-4-2-11(3-5-12)19-14(17-15(16)20)8-13(18-19)10-6-7-22-9-10/h2-5,8,10H,6-7,9H2,1H3,(H3,16,17,20). The Morgan fingerprint density at radius 1 is 1.45 bits per heavy atom. The maximum Gasteiger partial charge on any atom is 0.317 e. The summed E-state index contributed by atoms with van der Waals surface area (Å²) in [6.07, 6.45) is 0.926. The van der Waals surface area contributed by atoms with Gasteiger partial charge < -0.3 is 15.2 Å². The fourth-order valence-electron chi connectivity index (χ4n) is 2.50. The summed E-state index contributed by atoms with van der Waals surface area (Å²) in [5.74, 6) is 1.54. The molecule has 2 amide bonds. The SMILES string of the molecule is COc1ccc(-n2nc(C3CCOC3)cc2NC(N)=O)cc1. The van der Waals surface area contributed by atoms with Crippen LogP contribution in [0.5, 0.6) is 5.75 Å². The molecule has 2 aromatic rings. The summed E-state index contributed by atoms with van der Waals surface area (Å²) in [6, 6.07) is 8.63. The number of nitrogens with zero attached hydrogens (tertiary/aromatic N) is 2. The van der Waals surface area contributed by atoms with Crippen LogP contribution >= 0.6 is 0 Å². The maximum atomic E-state index is 11.2. The van der Waals surface area contributed by atoms with Gasteiger partial charge in [0.15, 0.2) is 0 Å². The van der Waals surface area contributed by atoms with E-state index in [9.17, 15) is 4.79 Å². The van der Waals surface area contributed by atoms with Crippen LogP contribution in [0, 0.1) is 0 Å². The first kappa shape index (κ1) is 14.4. The lowest BCUT2D eigenvalue weighted by molar-refractivity contribution is 0.193. The van der Waals surface area contributed by atoms with Crippen LogP contribution in [0.2, 0.25) is 0 Å². The number of nitrogens with one attached hydrogen (secondary N) is 1. The zero-order valence-electron chi connectivity index (χ0n) is 12.3. The predicted molar refractivity (Wildman–Crippen MR) is 81.5 cm³/mol. The molecule has 7 heteroatoms. The molecule has 1 fully saturated rings. The topological polar surface area (TPSA) is 91.4 Å². The van der Waals surface area contributed by atoms with Gasteiger partial charge in [0.2, 0.25) is 0 Å². The zero-order valence-corrected chi connectivity index (χ0v) is 12.3. The third kappa shape index (κ3) is 2.89. The number of carbonyl (C=O) groups excluding carboxylic acids is 1. The Morgan fingerprint density at radius 2 is 2.23 bits per heavy atom. The van der Waals surface area contributed by atoms with Crippen molar-refractivity contribution in [2.45, 2.75) is 12.3 Å². The minimum atomic E-state index is -0.621. The van der Waals surface area contributed by atoms with Crippen molar-refractivity contribution in [3.05, 3.63) is 36.0 Å². The maximum absolute atomic E-state index is 11.2. The molecule has 3 N–H and O–H groups in total. The van der Waals surface area contributed by atoms with Crippen LogP contribution in [0.3, 0.4) is 0 Å². The van der Waals surface area contributed by atoms with Crippen molar-refractivity contribution in [3.8, 4) is 11.4 Å². The molecule has 1 aliphatic heterocycles. The van der Waals surface area contributed by atoms with Gasteiger partial charge in [-0.15, -0.1) is 0 Å². The van der Waals surface area contributed by atoms with Gasteiger partial charge >= 0.3 is 6.03 Å². The van der Waals surface area contributed by atoms with Gasteiger partial charge in [-0.3, -0.25) is 5.32 Å². The molecule has 0 radical (unpaired) electrons. The van der Waals surface area contributed by atoms with Crippen LogP contribution in [0.4, 0.5) is 10.6 Å². The van der Waals surface area contributed by atoms with Crippen LogP contribution in [0.15, 0.2) is 30.3 Å². The van der Waals surface area contributed by atoms with E-state index in [1.807, 2.05) is 30.3 Å². The van der Waals surface area contributed by atoms with Crippen LogP contribution < -0.4 is 15.8 Å². The summed E-state index contributed by atoms with van der Waals surface area (Å²) in [4.78, 5) is 11.2. The summed E-state index contributed by atoms with van der Waals surface area (Å²) < 4.78 is 12.2. The Hall–Kier alpha value is -2.54. The van der Waals surface area contributed by atoms with E-state index < -0.39 is 6.03 Å². The number of benzene rings is 1. The van der Waals surface area contributed by atoms with Gasteiger partial charge in [-0.2, -0.15) is 5.10 Å². The third-order valence-corrected chi connectivity index (χ3v) is 3.64. The Labute approximate surface area is 128 Å². The van der Waals surface area contributed by atoms with Crippen LogP contribution in [0.25, 0.3) is 5.69 Å². The highest BCUT2D eigenvalue weighted by molar-refractivity contribution is 5.87. The lowest BCUT2D eigenvalue weighted by Gasteiger charge is -2.08. The number of anilines is 1. The van der Waals surface area contributed by atoms with E-state index in [-0.39, 0.29) is 5.92 Å². The quantitative estimate of drug-likeness (QED) is 0.902. The number of amides is 2. The number of primary amides is 1. The van der Waals surface area contributed by atoms with Crippen LogP contribution in [-0.4, -0.2) is 36.1 Å². The third-order valence-electron chi connectivity index (χ3n) is 3.64. The summed E-state index contributed by atoms with van der Waals surface area (Å²) >= 11 is 0. The highest BCUT2D eigenvalue weighted by Gasteiger charge is 2.22. The van der Waals surface area contributed by atoms with E-state index in [0.29, 0.717) is 12.4 Å². The highest BCUT2D eigenvalue weighted by Crippen LogP contribution is 2.28. The molecule has 1 aromatic carbocycles. The molecule has 1 aliphatic rings. The van der Waals surface area contributed by atoms with Gasteiger partial charge in [-0.05, 0) is 30.7 Å². The van der Waals surface area contributed by atoms with E-state index in [4.69, 9.17) is 15.2 Å². The summed E-state index contributed by atoms with van der Waals surface area (Å²) in [5.41, 5.74) is 6.94. The van der Waals surface area contributed by atoms with Crippen molar-refractivity contribution in [2.24, 2.45) is 5.73 Å². The number of rotatable bonds is 4. The monoisotopic (exact) mass is 302 g/mol. The molecule has 1 saturated heterocycles. The number of methoxy groups -OCH3 is 1. The average molecular weight is 302 g/mol. The van der Waals surface area contributed by atoms with Crippen LogP contribution in [-0.2, 0) is 4.74 Å². The minimum Gasteiger partial charge on any atom is -0.497 e. The van der Waals surface area contributed by atoms with Crippen molar-refractivity contribution in [3.63, 3.8) is 0 Å². The van der Waals surface area contributed by atoms with Crippen molar-refractivity contribution in [1.82, 2.24) is 9.78 Å². The second-order valence-corrected chi connectivity index (χ2v) is 5.11. The number of hydrogen-bond acceptors (Lipinski definition) is 4. The fraction of sp³-hybridized carbons (Fsp3) is 0.333. The van der Waals surface area contributed by atoms with Crippen molar-refractivity contribution in [2.75, 3.05) is 25.6 Å². The molecule has 0 spiro atoms. The Kier molecular flexibility index (Phi) is 3.97. The Balaban J connectivity index is 1.97. The summed E-state index contributed by atoms with van der Waals surface area (Å²) in [6.45, 7) is 1.38. The van der Waals surface area contributed by atoms with Gasteiger partial charge in [0, 0.05) is 18.6 Å². The first-order chi connectivity index (χ1) is 10.7. The van der Waals surface area contributed by atoms with Crippen LogP contribution in [0.1, 0.15) is 18.0 Å². The molecule has 116 valence electrons.